The van der Waals surface area contributed by atoms with Crippen LogP contribution in [0.5, 0.6) is 11.5 Å². The second kappa shape index (κ2) is 8.37. The number of nitrogens with one attached hydrogen (secondary N) is 2. The summed E-state index contributed by atoms with van der Waals surface area (Å²) in [6.45, 7) is 3.81. The molecular weight excluding hydrogens is 408 g/mol. The first-order chi connectivity index (χ1) is 15.3. The normalized spacial score (nSPS) is 17.3. The molecule has 2 aromatic carbocycles. The zero-order chi connectivity index (χ0) is 23.0. The van der Waals surface area contributed by atoms with Gasteiger partial charge in [-0.25, -0.2) is 0 Å². The van der Waals surface area contributed by atoms with Crippen molar-refractivity contribution in [2.24, 2.45) is 7.05 Å². The molecular formula is C24H26N4O4. The zero-order valence-corrected chi connectivity index (χ0v) is 18.7. The summed E-state index contributed by atoms with van der Waals surface area (Å²) in [5, 5.41) is 10.3. The fraction of sp³-hybridized carbons (Fsp3) is 0.292. The van der Waals surface area contributed by atoms with Crippen molar-refractivity contribution in [3.8, 4) is 11.5 Å². The van der Waals surface area contributed by atoms with Gasteiger partial charge in [-0.2, -0.15) is 5.10 Å². The zero-order valence-electron chi connectivity index (χ0n) is 18.7. The molecule has 166 valence electrons. The van der Waals surface area contributed by atoms with Gasteiger partial charge in [0.25, 0.3) is 5.91 Å². The van der Waals surface area contributed by atoms with Crippen molar-refractivity contribution in [2.75, 3.05) is 19.5 Å². The fourth-order valence-corrected chi connectivity index (χ4v) is 4.27. The lowest BCUT2D eigenvalue weighted by Crippen LogP contribution is -2.50. The Morgan fingerprint density at radius 2 is 1.84 bits per heavy atom. The van der Waals surface area contributed by atoms with Gasteiger partial charge < -0.3 is 20.1 Å². The number of carbonyl (C=O) groups is 2. The van der Waals surface area contributed by atoms with Gasteiger partial charge in [-0.1, -0.05) is 23.8 Å². The van der Waals surface area contributed by atoms with Gasteiger partial charge in [0.1, 0.15) is 11.9 Å². The molecule has 2 heterocycles. The highest BCUT2D eigenvalue weighted by atomic mass is 16.5. The Kier molecular flexibility index (Phi) is 5.61. The third kappa shape index (κ3) is 3.68. The highest BCUT2D eigenvalue weighted by Crippen LogP contribution is 2.41. The minimum atomic E-state index is -0.837. The van der Waals surface area contributed by atoms with Gasteiger partial charge in [-0.05, 0) is 43.7 Å². The van der Waals surface area contributed by atoms with E-state index in [2.05, 4.69) is 15.7 Å². The van der Waals surface area contributed by atoms with Crippen LogP contribution < -0.4 is 20.1 Å². The van der Waals surface area contributed by atoms with E-state index in [1.807, 2.05) is 38.1 Å². The Balaban J connectivity index is 1.81. The van der Waals surface area contributed by atoms with Crippen molar-refractivity contribution in [3.05, 3.63) is 70.4 Å². The van der Waals surface area contributed by atoms with Gasteiger partial charge >= 0.3 is 0 Å². The Morgan fingerprint density at radius 3 is 2.53 bits per heavy atom. The summed E-state index contributed by atoms with van der Waals surface area (Å²) in [7, 11) is 4.91. The lowest BCUT2D eigenvalue weighted by atomic mass is 9.81. The second-order valence-corrected chi connectivity index (χ2v) is 7.87. The van der Waals surface area contributed by atoms with E-state index in [1.165, 1.54) is 0 Å². The number of anilines is 1. The molecule has 0 fully saturated rings. The van der Waals surface area contributed by atoms with Crippen LogP contribution in [0, 0.1) is 13.8 Å². The summed E-state index contributed by atoms with van der Waals surface area (Å²) in [5.41, 5.74) is 3.90. The number of aromatic nitrogens is 2. The molecule has 2 atom stereocenters. The molecule has 8 heteroatoms. The van der Waals surface area contributed by atoms with Gasteiger partial charge in [-0.15, -0.1) is 0 Å². The van der Waals surface area contributed by atoms with Gasteiger partial charge in [0.15, 0.2) is 11.5 Å². The predicted molar refractivity (Wildman–Crippen MR) is 120 cm³/mol. The largest absolute Gasteiger partial charge is 0.493 e. The number of aryl methyl sites for hydroxylation is 3. The number of rotatable bonds is 5. The van der Waals surface area contributed by atoms with E-state index < -0.39 is 12.0 Å². The maximum Gasteiger partial charge on any atom is 0.251 e. The molecule has 8 nitrogen and oxygen atoms in total. The topological polar surface area (TPSA) is 94.5 Å². The van der Waals surface area contributed by atoms with E-state index in [-0.39, 0.29) is 11.8 Å². The van der Waals surface area contributed by atoms with Gasteiger partial charge in [0.05, 0.1) is 19.9 Å². The Hall–Kier alpha value is -3.81. The van der Waals surface area contributed by atoms with E-state index in [0.29, 0.717) is 22.9 Å². The molecule has 2 amide bonds. The van der Waals surface area contributed by atoms with Gasteiger partial charge in [0.2, 0.25) is 5.91 Å². The average Bonchev–Trinajstić information content (AvgIpc) is 3.06. The second-order valence-electron chi connectivity index (χ2n) is 7.87. The quantitative estimate of drug-likeness (QED) is 0.644. The Labute approximate surface area is 186 Å². The van der Waals surface area contributed by atoms with E-state index in [9.17, 15) is 9.59 Å². The highest BCUT2D eigenvalue weighted by Gasteiger charge is 2.41. The van der Waals surface area contributed by atoms with Crippen LogP contribution in [0.1, 0.15) is 38.7 Å². The molecule has 1 aromatic heterocycles. The predicted octanol–water partition coefficient (Wildman–Crippen LogP) is 2.94. The van der Waals surface area contributed by atoms with Gasteiger partial charge in [0, 0.05) is 24.1 Å². The van der Waals surface area contributed by atoms with E-state index in [0.717, 1.165) is 22.4 Å². The number of hydrogen-bond donors (Lipinski definition) is 2. The fourth-order valence-electron chi connectivity index (χ4n) is 4.27. The average molecular weight is 434 g/mol. The number of carbonyl (C=O) groups excluding carboxylic acids is 2. The number of fused-ring (bicyclic) bond motifs is 1. The number of nitrogens with zero attached hydrogens (tertiary/aromatic N) is 2. The molecule has 0 aliphatic carbocycles. The van der Waals surface area contributed by atoms with Crippen LogP contribution in [0.4, 0.5) is 5.82 Å². The smallest absolute Gasteiger partial charge is 0.251 e. The van der Waals surface area contributed by atoms with Crippen LogP contribution in [0.25, 0.3) is 0 Å². The molecule has 32 heavy (non-hydrogen) atoms. The summed E-state index contributed by atoms with van der Waals surface area (Å²) in [4.78, 5) is 26.2. The maximum absolute atomic E-state index is 13.2. The van der Waals surface area contributed by atoms with E-state index in [1.54, 1.807) is 44.1 Å². The molecule has 2 N–H and O–H groups in total. The lowest BCUT2D eigenvalue weighted by Gasteiger charge is -2.33. The molecule has 0 saturated heterocycles. The third-order valence-electron chi connectivity index (χ3n) is 5.77. The molecule has 0 spiro atoms. The maximum atomic E-state index is 13.2. The minimum absolute atomic E-state index is 0.304. The van der Waals surface area contributed by atoms with Crippen molar-refractivity contribution in [2.45, 2.75) is 25.8 Å². The molecule has 0 saturated carbocycles. The summed E-state index contributed by atoms with van der Waals surface area (Å²) in [6, 6.07) is 11.9. The number of methoxy groups -OCH3 is 2. The van der Waals surface area contributed by atoms with Crippen molar-refractivity contribution < 1.29 is 19.1 Å². The van der Waals surface area contributed by atoms with Crippen LogP contribution >= 0.6 is 0 Å². The first-order valence-corrected chi connectivity index (χ1v) is 10.3. The van der Waals surface area contributed by atoms with E-state index >= 15 is 0 Å². The molecule has 0 unspecified atom stereocenters. The van der Waals surface area contributed by atoms with Gasteiger partial charge in [-0.3, -0.25) is 14.3 Å². The summed E-state index contributed by atoms with van der Waals surface area (Å²) in [5.74, 6) is 0.669. The van der Waals surface area contributed by atoms with Crippen LogP contribution in [-0.2, 0) is 11.8 Å². The lowest BCUT2D eigenvalue weighted by molar-refractivity contribution is -0.118. The van der Waals surface area contributed by atoms with Crippen LogP contribution in [0.15, 0.2) is 42.5 Å². The summed E-state index contributed by atoms with van der Waals surface area (Å²) < 4.78 is 12.5. The Bertz CT molecular complexity index is 1200. The highest BCUT2D eigenvalue weighted by molar-refractivity contribution is 6.04. The first kappa shape index (κ1) is 21.4. The first-order valence-electron chi connectivity index (χ1n) is 10.3. The van der Waals surface area contributed by atoms with Crippen molar-refractivity contribution in [1.29, 1.82) is 0 Å². The third-order valence-corrected chi connectivity index (χ3v) is 5.77. The molecule has 0 radical (unpaired) electrons. The summed E-state index contributed by atoms with van der Waals surface area (Å²) in [6.07, 6.45) is 0. The van der Waals surface area contributed by atoms with Crippen LogP contribution in [0.3, 0.4) is 0 Å². The standard InChI is InChI=1S/C24H26N4O4/c1-13-7-6-8-16(11-13)23(29)25-21-20(15-9-10-17(31-4)18(12-15)32-5)19-14(2)27-28(3)22(19)26-24(21)30/h6-12,20-21H,1-5H3,(H,25,29)(H,26,30)/t20-,21-/m1/s1. The van der Waals surface area contributed by atoms with Crippen molar-refractivity contribution >= 4 is 17.6 Å². The number of hydrogen-bond acceptors (Lipinski definition) is 5. The van der Waals surface area contributed by atoms with E-state index in [4.69, 9.17) is 9.47 Å². The molecule has 3 aromatic rings. The summed E-state index contributed by atoms with van der Waals surface area (Å²) >= 11 is 0. The van der Waals surface area contributed by atoms with Crippen molar-refractivity contribution in [1.82, 2.24) is 15.1 Å². The molecule has 1 aliphatic heterocycles. The number of benzene rings is 2. The van der Waals surface area contributed by atoms with Crippen LogP contribution in [0.2, 0.25) is 0 Å². The van der Waals surface area contributed by atoms with Crippen molar-refractivity contribution in [3.63, 3.8) is 0 Å². The SMILES string of the molecule is COc1ccc([C@@H]2c3c(C)nn(C)c3NC(=O)[C@@H]2NC(=O)c2cccc(C)c2)cc1OC. The number of ether oxygens (including phenoxy) is 2. The van der Waals surface area contributed by atoms with Crippen LogP contribution in [-0.4, -0.2) is 41.9 Å². The minimum Gasteiger partial charge on any atom is -0.493 e. The molecule has 4 rings (SSSR count). The molecule has 1 aliphatic rings. The molecule has 0 bridgehead atoms. The monoisotopic (exact) mass is 434 g/mol. The number of amides is 2. The Morgan fingerprint density at radius 1 is 1.09 bits per heavy atom.